The first-order valence-corrected chi connectivity index (χ1v) is 14.9. The van der Waals surface area contributed by atoms with Crippen LogP contribution in [-0.2, 0) is 29.9 Å². The third-order valence-corrected chi connectivity index (χ3v) is 8.56. The van der Waals surface area contributed by atoms with E-state index < -0.39 is 44.1 Å². The second-order valence-electron chi connectivity index (χ2n) is 9.92. The van der Waals surface area contributed by atoms with Crippen molar-refractivity contribution < 1.29 is 37.4 Å². The number of fused-ring (bicyclic) bond motifs is 1. The highest BCUT2D eigenvalue weighted by atomic mass is 31.2. The van der Waals surface area contributed by atoms with Gasteiger partial charge in [-0.3, -0.25) is 9.32 Å². The van der Waals surface area contributed by atoms with E-state index in [0.717, 1.165) is 32.1 Å². The molecule has 1 saturated carbocycles. The van der Waals surface area contributed by atoms with Crippen LogP contribution in [0.5, 0.6) is 5.75 Å². The molecule has 13 nitrogen and oxygen atoms in total. The zero-order valence-electron chi connectivity index (χ0n) is 23.3. The summed E-state index contributed by atoms with van der Waals surface area (Å²) in [5.41, 5.74) is 3.99. The number of aliphatic hydroxyl groups is 1. The lowest BCUT2D eigenvalue weighted by atomic mass is 9.98. The molecule has 0 bridgehead atoms. The number of carbonyl (C=O) groups is 1. The highest BCUT2D eigenvalue weighted by molar-refractivity contribution is 7.52. The SMILES string of the molecule is C#C[C@](COP(=O)(N[C@@H](C)C(=O)OC1CCCCC1)Oc1ccccc1)(OC)[C@@H](O)Cn1cnc2c(N)nc(F)nc21. The zero-order chi connectivity index (χ0) is 30.3. The van der Waals surface area contributed by atoms with E-state index in [4.69, 9.17) is 30.7 Å². The number of terminal acetylenes is 1. The van der Waals surface area contributed by atoms with E-state index in [-0.39, 0.29) is 35.4 Å². The van der Waals surface area contributed by atoms with Crippen LogP contribution >= 0.6 is 7.75 Å². The fourth-order valence-corrected chi connectivity index (χ4v) is 6.04. The smallest absolute Gasteiger partial charge is 0.459 e. The molecule has 4 atom stereocenters. The van der Waals surface area contributed by atoms with Crippen molar-refractivity contribution in [2.24, 2.45) is 0 Å². The summed E-state index contributed by atoms with van der Waals surface area (Å²) in [7, 11) is -3.10. The van der Waals surface area contributed by atoms with Crippen molar-refractivity contribution in [3.8, 4) is 18.1 Å². The maximum Gasteiger partial charge on any atom is 0.459 e. The Kier molecular flexibility index (Phi) is 10.1. The number of esters is 1. The van der Waals surface area contributed by atoms with Gasteiger partial charge in [0, 0.05) is 7.11 Å². The van der Waals surface area contributed by atoms with Gasteiger partial charge in [-0.2, -0.15) is 19.4 Å². The number of hydrogen-bond acceptors (Lipinski definition) is 11. The molecule has 1 aliphatic carbocycles. The summed E-state index contributed by atoms with van der Waals surface area (Å²) in [6.45, 7) is 0.557. The Bertz CT molecular complexity index is 1460. The number of benzene rings is 1. The van der Waals surface area contributed by atoms with Crippen LogP contribution in [0.3, 0.4) is 0 Å². The number of para-hydroxylation sites is 1. The first-order valence-electron chi connectivity index (χ1n) is 13.4. The van der Waals surface area contributed by atoms with Crippen LogP contribution in [0.15, 0.2) is 36.7 Å². The van der Waals surface area contributed by atoms with Crippen LogP contribution in [0.25, 0.3) is 11.2 Å². The average Bonchev–Trinajstić information content (AvgIpc) is 3.37. The molecule has 3 aromatic rings. The van der Waals surface area contributed by atoms with Gasteiger partial charge in [0.1, 0.15) is 36.1 Å². The van der Waals surface area contributed by atoms with Gasteiger partial charge in [-0.1, -0.05) is 30.5 Å². The minimum absolute atomic E-state index is 0.0204. The van der Waals surface area contributed by atoms with Crippen LogP contribution < -0.4 is 15.3 Å². The quantitative estimate of drug-likeness (QED) is 0.113. The monoisotopic (exact) mass is 604 g/mol. The van der Waals surface area contributed by atoms with Crippen LogP contribution in [0.4, 0.5) is 10.2 Å². The van der Waals surface area contributed by atoms with Crippen molar-refractivity contribution in [1.29, 1.82) is 0 Å². The summed E-state index contributed by atoms with van der Waals surface area (Å²) in [4.78, 5) is 24.0. The number of aliphatic hydroxyl groups excluding tert-OH is 1. The van der Waals surface area contributed by atoms with Gasteiger partial charge in [0.2, 0.25) is 0 Å². The molecule has 2 aromatic heterocycles. The molecule has 0 saturated heterocycles. The second kappa shape index (κ2) is 13.6. The van der Waals surface area contributed by atoms with Crippen molar-refractivity contribution in [2.45, 2.75) is 69.4 Å². The Balaban J connectivity index is 1.52. The molecule has 0 spiro atoms. The number of hydrogen-bond donors (Lipinski definition) is 3. The standard InChI is InChI=1S/C27H34FN6O7P/c1-4-27(38-3,21(35)15-34-17-30-22-23(29)31-26(28)32-24(22)34)16-39-42(37,41-20-13-9-6-10-14-20)33-18(2)25(36)40-19-11-7-5-8-12-19/h1,6,9-10,13-14,17-19,21,35H,5,7-8,11-12,15-16H2,2-3H3,(H,33,37)(H2,29,31,32)/t18-,21-,27+,42?/m0/s1. The van der Waals surface area contributed by atoms with Gasteiger partial charge in [-0.05, 0) is 44.7 Å². The number of halogens is 1. The number of nitrogens with two attached hydrogens (primary N) is 1. The number of ether oxygens (including phenoxy) is 2. The van der Waals surface area contributed by atoms with Crippen molar-refractivity contribution in [3.63, 3.8) is 0 Å². The van der Waals surface area contributed by atoms with Crippen LogP contribution in [0.2, 0.25) is 0 Å². The lowest BCUT2D eigenvalue weighted by Crippen LogP contribution is -2.49. The van der Waals surface area contributed by atoms with E-state index in [2.05, 4.69) is 26.0 Å². The summed E-state index contributed by atoms with van der Waals surface area (Å²) in [5, 5.41) is 13.8. The molecule has 1 unspecified atom stereocenters. The maximum absolute atomic E-state index is 14.0. The Morgan fingerprint density at radius 3 is 2.69 bits per heavy atom. The molecule has 4 rings (SSSR count). The van der Waals surface area contributed by atoms with Gasteiger partial charge in [-0.15, -0.1) is 6.42 Å². The third-order valence-electron chi connectivity index (χ3n) is 6.94. The zero-order valence-corrected chi connectivity index (χ0v) is 24.2. The molecule has 0 radical (unpaired) electrons. The van der Waals surface area contributed by atoms with E-state index in [9.17, 15) is 18.9 Å². The summed E-state index contributed by atoms with van der Waals surface area (Å²) < 4.78 is 51.6. The molecule has 42 heavy (non-hydrogen) atoms. The highest BCUT2D eigenvalue weighted by Crippen LogP contribution is 2.46. The van der Waals surface area contributed by atoms with E-state index in [0.29, 0.717) is 0 Å². The summed E-state index contributed by atoms with van der Waals surface area (Å²) in [5.74, 6) is 1.76. The number of nitrogens with zero attached hydrogens (tertiary/aromatic N) is 4. The Hall–Kier alpha value is -3.60. The van der Waals surface area contributed by atoms with Gasteiger partial charge < -0.3 is 29.4 Å². The normalized spacial score (nSPS) is 18.4. The Labute approximate surface area is 242 Å². The van der Waals surface area contributed by atoms with Crippen LogP contribution in [-0.4, -0.2) is 68.2 Å². The number of nitrogen functional groups attached to an aromatic ring is 1. The van der Waals surface area contributed by atoms with E-state index in [1.165, 1.54) is 24.9 Å². The molecule has 4 N–H and O–H groups in total. The van der Waals surface area contributed by atoms with E-state index in [1.807, 2.05) is 0 Å². The van der Waals surface area contributed by atoms with Crippen molar-refractivity contribution in [1.82, 2.24) is 24.6 Å². The first-order chi connectivity index (χ1) is 20.1. The number of rotatable bonds is 13. The lowest BCUT2D eigenvalue weighted by Gasteiger charge is -2.33. The van der Waals surface area contributed by atoms with Gasteiger partial charge in [0.25, 0.3) is 0 Å². The lowest BCUT2D eigenvalue weighted by molar-refractivity contribution is -0.152. The molecule has 15 heteroatoms. The van der Waals surface area contributed by atoms with Crippen molar-refractivity contribution in [2.75, 3.05) is 19.5 Å². The predicted molar refractivity (Wildman–Crippen MR) is 150 cm³/mol. The number of anilines is 1. The van der Waals surface area contributed by atoms with Gasteiger partial charge in [0.05, 0.1) is 12.9 Å². The predicted octanol–water partition coefficient (Wildman–Crippen LogP) is 2.98. The van der Waals surface area contributed by atoms with Crippen molar-refractivity contribution >= 4 is 30.7 Å². The fraction of sp³-hybridized carbons (Fsp3) is 0.481. The van der Waals surface area contributed by atoms with E-state index in [1.54, 1.807) is 30.3 Å². The molecule has 1 aromatic carbocycles. The minimum Gasteiger partial charge on any atom is -0.461 e. The summed E-state index contributed by atoms with van der Waals surface area (Å²) in [6.07, 6.45) is 8.81. The van der Waals surface area contributed by atoms with Crippen LogP contribution in [0.1, 0.15) is 39.0 Å². The number of aromatic nitrogens is 4. The molecule has 0 amide bonds. The second-order valence-corrected chi connectivity index (χ2v) is 11.6. The molecule has 2 heterocycles. The topological polar surface area (TPSA) is 173 Å². The molecule has 1 aliphatic rings. The largest absolute Gasteiger partial charge is 0.461 e. The summed E-state index contributed by atoms with van der Waals surface area (Å²) >= 11 is 0. The van der Waals surface area contributed by atoms with Crippen molar-refractivity contribution in [3.05, 3.63) is 42.7 Å². The highest BCUT2D eigenvalue weighted by Gasteiger charge is 2.42. The first kappa shape index (κ1) is 31.3. The number of nitrogens with one attached hydrogen (secondary N) is 1. The maximum atomic E-state index is 14.0. The molecule has 1 fully saturated rings. The molecule has 0 aliphatic heterocycles. The van der Waals surface area contributed by atoms with Crippen LogP contribution in [0, 0.1) is 18.4 Å². The Morgan fingerprint density at radius 1 is 1.31 bits per heavy atom. The fourth-order valence-electron chi connectivity index (χ4n) is 4.52. The molecule has 226 valence electrons. The number of methoxy groups -OCH3 is 1. The third kappa shape index (κ3) is 7.42. The molecular formula is C27H34FN6O7P. The number of imidazole rings is 1. The van der Waals surface area contributed by atoms with Gasteiger partial charge in [-0.25, -0.2) is 9.55 Å². The van der Waals surface area contributed by atoms with Gasteiger partial charge >= 0.3 is 19.8 Å². The summed E-state index contributed by atoms with van der Waals surface area (Å²) in [6, 6.07) is 7.11. The van der Waals surface area contributed by atoms with E-state index >= 15 is 0 Å². The van der Waals surface area contributed by atoms with Gasteiger partial charge in [0.15, 0.2) is 17.1 Å². The minimum atomic E-state index is -4.33. The Morgan fingerprint density at radius 2 is 2.02 bits per heavy atom. The molecular weight excluding hydrogens is 570 g/mol. The average molecular weight is 605 g/mol. The number of carbonyl (C=O) groups excluding carboxylic acids is 1.